The topological polar surface area (TPSA) is 80.6 Å². The lowest BCUT2D eigenvalue weighted by Gasteiger charge is -2.11. The Kier molecular flexibility index (Phi) is 4.05. The number of fused-ring (bicyclic) bond motifs is 1. The lowest BCUT2D eigenvalue weighted by atomic mass is 10.1. The maximum atomic E-state index is 12.1. The summed E-state index contributed by atoms with van der Waals surface area (Å²) in [5, 5.41) is 12.3. The molecule has 0 saturated carbocycles. The van der Waals surface area contributed by atoms with Crippen molar-refractivity contribution in [2.24, 2.45) is 7.05 Å². The van der Waals surface area contributed by atoms with Gasteiger partial charge in [-0.15, -0.1) is 0 Å². The van der Waals surface area contributed by atoms with Crippen molar-refractivity contribution >= 4 is 22.8 Å². The minimum Gasteiger partial charge on any atom is -0.479 e. The number of methoxy groups -OCH3 is 1. The first-order chi connectivity index (χ1) is 9.54. The molecule has 2 rings (SSSR count). The molecule has 1 atom stereocenters. The normalized spacial score (nSPS) is 12.3. The lowest BCUT2D eigenvalue weighted by molar-refractivity contribution is -0.148. The highest BCUT2D eigenvalue weighted by molar-refractivity contribution is 6.07. The standard InChI is InChI=1S/C14H16N2O4/c1-16-8-10(9-5-3-4-6-11(9)16)13(17)15-7-12(20-2)14(18)19/h3-6,8,12H,7H2,1-2H3,(H,15,17)(H,18,19). The highest BCUT2D eigenvalue weighted by Gasteiger charge is 2.19. The van der Waals surface area contributed by atoms with E-state index in [2.05, 4.69) is 5.32 Å². The second-order valence-electron chi connectivity index (χ2n) is 4.44. The molecule has 1 heterocycles. The fraction of sp³-hybridized carbons (Fsp3) is 0.286. The Bertz CT molecular complexity index is 648. The van der Waals surface area contributed by atoms with E-state index in [0.29, 0.717) is 5.56 Å². The van der Waals surface area contributed by atoms with Crippen LogP contribution in [0.1, 0.15) is 10.4 Å². The van der Waals surface area contributed by atoms with Crippen molar-refractivity contribution in [1.82, 2.24) is 9.88 Å². The predicted molar refractivity (Wildman–Crippen MR) is 73.7 cm³/mol. The molecule has 20 heavy (non-hydrogen) atoms. The van der Waals surface area contributed by atoms with Crippen LogP contribution in [0.3, 0.4) is 0 Å². The molecule has 0 saturated heterocycles. The van der Waals surface area contributed by atoms with E-state index in [1.807, 2.05) is 35.9 Å². The number of nitrogens with one attached hydrogen (secondary N) is 1. The third-order valence-electron chi connectivity index (χ3n) is 3.15. The van der Waals surface area contributed by atoms with Crippen LogP contribution in [-0.4, -0.2) is 41.3 Å². The summed E-state index contributed by atoms with van der Waals surface area (Å²) in [5.41, 5.74) is 1.46. The number of para-hydroxylation sites is 1. The molecule has 2 N–H and O–H groups in total. The zero-order valence-electron chi connectivity index (χ0n) is 11.3. The highest BCUT2D eigenvalue weighted by atomic mass is 16.5. The van der Waals surface area contributed by atoms with Gasteiger partial charge in [0.25, 0.3) is 5.91 Å². The molecular weight excluding hydrogens is 260 g/mol. The van der Waals surface area contributed by atoms with Gasteiger partial charge in [-0.05, 0) is 6.07 Å². The van der Waals surface area contributed by atoms with Gasteiger partial charge in [-0.25, -0.2) is 4.79 Å². The number of nitrogens with zero attached hydrogens (tertiary/aromatic N) is 1. The summed E-state index contributed by atoms with van der Waals surface area (Å²) in [6.07, 6.45) is 0.677. The monoisotopic (exact) mass is 276 g/mol. The van der Waals surface area contributed by atoms with Crippen LogP contribution in [0, 0.1) is 0 Å². The van der Waals surface area contributed by atoms with Gasteiger partial charge in [0.15, 0.2) is 6.10 Å². The summed E-state index contributed by atoms with van der Waals surface area (Å²) in [4.78, 5) is 23.0. The number of benzene rings is 1. The van der Waals surface area contributed by atoms with Crippen LogP contribution in [0.4, 0.5) is 0 Å². The molecule has 6 heteroatoms. The fourth-order valence-electron chi connectivity index (χ4n) is 2.07. The summed E-state index contributed by atoms with van der Waals surface area (Å²) >= 11 is 0. The number of aromatic nitrogens is 1. The lowest BCUT2D eigenvalue weighted by Crippen LogP contribution is -2.37. The van der Waals surface area contributed by atoms with Gasteiger partial charge in [0.05, 0.1) is 12.1 Å². The molecule has 0 aliphatic carbocycles. The van der Waals surface area contributed by atoms with Crippen LogP contribution in [0.5, 0.6) is 0 Å². The number of carbonyl (C=O) groups is 2. The number of hydrogen-bond donors (Lipinski definition) is 2. The van der Waals surface area contributed by atoms with E-state index in [1.165, 1.54) is 7.11 Å². The largest absolute Gasteiger partial charge is 0.479 e. The van der Waals surface area contributed by atoms with E-state index in [-0.39, 0.29) is 12.5 Å². The Hall–Kier alpha value is -2.34. The number of amides is 1. The third-order valence-corrected chi connectivity index (χ3v) is 3.15. The first kappa shape index (κ1) is 14.1. The summed E-state index contributed by atoms with van der Waals surface area (Å²) in [6.45, 7) is -0.0755. The van der Waals surface area contributed by atoms with Gasteiger partial charge >= 0.3 is 5.97 Å². The molecule has 1 amide bonds. The molecule has 0 fully saturated rings. The van der Waals surface area contributed by atoms with Crippen molar-refractivity contribution in [3.8, 4) is 0 Å². The molecule has 1 aromatic carbocycles. The maximum Gasteiger partial charge on any atom is 0.334 e. The minimum atomic E-state index is -1.11. The Morgan fingerprint density at radius 2 is 2.10 bits per heavy atom. The fourth-order valence-corrected chi connectivity index (χ4v) is 2.07. The molecular formula is C14H16N2O4. The number of carbonyl (C=O) groups excluding carboxylic acids is 1. The number of hydrogen-bond acceptors (Lipinski definition) is 3. The van der Waals surface area contributed by atoms with Crippen molar-refractivity contribution in [3.05, 3.63) is 36.0 Å². The van der Waals surface area contributed by atoms with Crippen LogP contribution >= 0.6 is 0 Å². The van der Waals surface area contributed by atoms with Crippen LogP contribution in [0.2, 0.25) is 0 Å². The van der Waals surface area contributed by atoms with E-state index < -0.39 is 12.1 Å². The molecule has 0 aliphatic heterocycles. The van der Waals surface area contributed by atoms with Gasteiger partial charge < -0.3 is 19.7 Å². The second kappa shape index (κ2) is 5.75. The number of rotatable bonds is 5. The zero-order chi connectivity index (χ0) is 14.7. The van der Waals surface area contributed by atoms with Crippen LogP contribution in [0.15, 0.2) is 30.5 Å². The third kappa shape index (κ3) is 2.65. The van der Waals surface area contributed by atoms with Crippen molar-refractivity contribution in [1.29, 1.82) is 0 Å². The number of aryl methyl sites for hydroxylation is 1. The predicted octanol–water partition coefficient (Wildman–Crippen LogP) is 1.01. The van der Waals surface area contributed by atoms with E-state index >= 15 is 0 Å². The van der Waals surface area contributed by atoms with Gasteiger partial charge in [-0.3, -0.25) is 4.79 Å². The first-order valence-electron chi connectivity index (χ1n) is 6.12. The first-order valence-corrected chi connectivity index (χ1v) is 6.12. The van der Waals surface area contributed by atoms with E-state index in [1.54, 1.807) is 6.20 Å². The number of carboxylic acids is 1. The summed E-state index contributed by atoms with van der Waals surface area (Å²) in [7, 11) is 3.15. The van der Waals surface area contributed by atoms with Crippen molar-refractivity contribution in [2.45, 2.75) is 6.10 Å². The molecule has 0 spiro atoms. The summed E-state index contributed by atoms with van der Waals surface area (Å²) in [5.74, 6) is -1.42. The van der Waals surface area contributed by atoms with Gasteiger partial charge in [0, 0.05) is 31.3 Å². The van der Waals surface area contributed by atoms with Gasteiger partial charge in [-0.2, -0.15) is 0 Å². The number of carboxylic acid groups (broad SMARTS) is 1. The smallest absolute Gasteiger partial charge is 0.334 e. The van der Waals surface area contributed by atoms with Crippen molar-refractivity contribution in [2.75, 3.05) is 13.7 Å². The molecule has 1 unspecified atom stereocenters. The SMILES string of the molecule is COC(CNC(=O)c1cn(C)c2ccccc12)C(=O)O. The van der Waals surface area contributed by atoms with Crippen molar-refractivity contribution in [3.63, 3.8) is 0 Å². The Morgan fingerprint density at radius 3 is 2.75 bits per heavy atom. The molecule has 2 aromatic rings. The molecule has 106 valence electrons. The van der Waals surface area contributed by atoms with Crippen LogP contribution in [-0.2, 0) is 16.6 Å². The van der Waals surface area contributed by atoms with Gasteiger partial charge in [0.1, 0.15) is 0 Å². The molecule has 0 bridgehead atoms. The highest BCUT2D eigenvalue weighted by Crippen LogP contribution is 2.19. The van der Waals surface area contributed by atoms with Crippen LogP contribution in [0.25, 0.3) is 10.9 Å². The van der Waals surface area contributed by atoms with Gasteiger partial charge in [-0.1, -0.05) is 18.2 Å². The summed E-state index contributed by atoms with van der Waals surface area (Å²) in [6, 6.07) is 7.53. The van der Waals surface area contributed by atoms with Gasteiger partial charge in [0.2, 0.25) is 0 Å². The Labute approximate surface area is 116 Å². The second-order valence-corrected chi connectivity index (χ2v) is 4.44. The van der Waals surface area contributed by atoms with E-state index in [9.17, 15) is 9.59 Å². The Balaban J connectivity index is 2.18. The molecule has 1 aromatic heterocycles. The quantitative estimate of drug-likeness (QED) is 0.854. The zero-order valence-corrected chi connectivity index (χ0v) is 11.3. The van der Waals surface area contributed by atoms with E-state index in [4.69, 9.17) is 9.84 Å². The molecule has 6 nitrogen and oxygen atoms in total. The number of ether oxygens (including phenoxy) is 1. The molecule has 0 aliphatic rings. The van der Waals surface area contributed by atoms with E-state index in [0.717, 1.165) is 10.9 Å². The maximum absolute atomic E-state index is 12.1. The average Bonchev–Trinajstić information content (AvgIpc) is 2.77. The molecule has 0 radical (unpaired) electrons. The number of aliphatic carboxylic acids is 1. The minimum absolute atomic E-state index is 0.0755. The Morgan fingerprint density at radius 1 is 1.40 bits per heavy atom. The van der Waals surface area contributed by atoms with Crippen LogP contribution < -0.4 is 5.32 Å². The average molecular weight is 276 g/mol. The summed E-state index contributed by atoms with van der Waals surface area (Å²) < 4.78 is 6.63. The van der Waals surface area contributed by atoms with Crippen molar-refractivity contribution < 1.29 is 19.4 Å².